The highest BCUT2D eigenvalue weighted by molar-refractivity contribution is 5.84. The third-order valence-corrected chi connectivity index (χ3v) is 3.14. The van der Waals surface area contributed by atoms with Crippen LogP contribution in [0.2, 0.25) is 0 Å². The van der Waals surface area contributed by atoms with Crippen molar-refractivity contribution in [1.82, 2.24) is 4.98 Å². The zero-order valence-electron chi connectivity index (χ0n) is 9.89. The molecule has 1 aromatic rings. The Labute approximate surface area is 101 Å². The summed E-state index contributed by atoms with van der Waals surface area (Å²) in [6.45, 7) is 2.50. The maximum atomic E-state index is 11.6. The quantitative estimate of drug-likeness (QED) is 0.777. The fourth-order valence-corrected chi connectivity index (χ4v) is 2.25. The number of anilines is 1. The summed E-state index contributed by atoms with van der Waals surface area (Å²) >= 11 is 0. The molecule has 0 aromatic carbocycles. The number of ketones is 1. The van der Waals surface area contributed by atoms with E-state index in [1.54, 1.807) is 19.2 Å². The molecule has 0 N–H and O–H groups in total. The maximum Gasteiger partial charge on any atom is 0.152 e. The lowest BCUT2D eigenvalue weighted by atomic mass is 9.99. The molecule has 17 heavy (non-hydrogen) atoms. The second kappa shape index (κ2) is 4.96. The molecule has 1 fully saturated rings. The van der Waals surface area contributed by atoms with Crippen LogP contribution in [-0.2, 0) is 4.79 Å². The van der Waals surface area contributed by atoms with E-state index in [0.717, 1.165) is 31.6 Å². The van der Waals surface area contributed by atoms with E-state index in [-0.39, 0.29) is 11.8 Å². The molecule has 0 radical (unpaired) electrons. The minimum absolute atomic E-state index is 0.0517. The second-order valence-corrected chi connectivity index (χ2v) is 4.33. The number of carbonyl (C=O) groups is 1. The van der Waals surface area contributed by atoms with Crippen LogP contribution < -0.4 is 4.90 Å². The first-order valence-electron chi connectivity index (χ1n) is 5.85. The van der Waals surface area contributed by atoms with Crippen molar-refractivity contribution >= 4 is 11.6 Å². The van der Waals surface area contributed by atoms with Gasteiger partial charge in [-0.15, -0.1) is 0 Å². The number of hydrogen-bond acceptors (Lipinski definition) is 4. The van der Waals surface area contributed by atoms with Crippen LogP contribution in [0, 0.1) is 11.3 Å². The van der Waals surface area contributed by atoms with Crippen molar-refractivity contribution in [2.75, 3.05) is 11.4 Å². The number of rotatable bonds is 2. The van der Waals surface area contributed by atoms with Crippen molar-refractivity contribution in [2.24, 2.45) is 0 Å². The van der Waals surface area contributed by atoms with Gasteiger partial charge in [0.1, 0.15) is 11.9 Å². The van der Waals surface area contributed by atoms with Gasteiger partial charge in [-0.05, 0) is 38.3 Å². The zero-order chi connectivity index (χ0) is 12.3. The molecule has 0 spiro atoms. The van der Waals surface area contributed by atoms with Gasteiger partial charge in [-0.1, -0.05) is 0 Å². The van der Waals surface area contributed by atoms with Crippen LogP contribution in [0.25, 0.3) is 0 Å². The van der Waals surface area contributed by atoms with Gasteiger partial charge >= 0.3 is 0 Å². The lowest BCUT2D eigenvalue weighted by Crippen LogP contribution is -2.44. The summed E-state index contributed by atoms with van der Waals surface area (Å²) < 4.78 is 0. The van der Waals surface area contributed by atoms with Crippen molar-refractivity contribution in [3.8, 4) is 6.07 Å². The van der Waals surface area contributed by atoms with Crippen molar-refractivity contribution in [3.05, 3.63) is 23.9 Å². The number of Topliss-reactive ketones (excluding diaryl/α,β-unsaturated/α-hetero) is 1. The molecular weight excluding hydrogens is 214 g/mol. The molecule has 0 bridgehead atoms. The van der Waals surface area contributed by atoms with E-state index < -0.39 is 0 Å². The number of pyridine rings is 1. The van der Waals surface area contributed by atoms with Gasteiger partial charge in [0.2, 0.25) is 0 Å². The first-order valence-corrected chi connectivity index (χ1v) is 5.85. The van der Waals surface area contributed by atoms with Crippen LogP contribution in [0.15, 0.2) is 18.3 Å². The minimum Gasteiger partial charge on any atom is -0.347 e. The Bertz CT molecular complexity index is 447. The largest absolute Gasteiger partial charge is 0.347 e. The summed E-state index contributed by atoms with van der Waals surface area (Å²) in [6, 6.07) is 5.55. The smallest absolute Gasteiger partial charge is 0.152 e. The summed E-state index contributed by atoms with van der Waals surface area (Å²) in [6.07, 6.45) is 4.64. The number of piperidine rings is 1. The van der Waals surface area contributed by atoms with Crippen molar-refractivity contribution in [2.45, 2.75) is 32.2 Å². The van der Waals surface area contributed by atoms with E-state index >= 15 is 0 Å². The SMILES string of the molecule is CC(=O)C1CCCCN1c1ccc(C#N)cn1. The average Bonchev–Trinajstić information content (AvgIpc) is 2.39. The molecule has 1 aromatic heterocycles. The number of nitriles is 1. The molecule has 0 amide bonds. The van der Waals surface area contributed by atoms with Gasteiger partial charge in [0.25, 0.3) is 0 Å². The van der Waals surface area contributed by atoms with Gasteiger partial charge in [-0.2, -0.15) is 5.26 Å². The molecule has 1 saturated heterocycles. The summed E-state index contributed by atoms with van der Waals surface area (Å²) in [5, 5.41) is 8.72. The van der Waals surface area contributed by atoms with Crippen LogP contribution in [0.3, 0.4) is 0 Å². The fraction of sp³-hybridized carbons (Fsp3) is 0.462. The highest BCUT2D eigenvalue weighted by Gasteiger charge is 2.26. The molecule has 1 aliphatic heterocycles. The molecule has 88 valence electrons. The standard InChI is InChI=1S/C13H15N3O/c1-10(17)12-4-2-3-7-16(12)13-6-5-11(8-14)9-15-13/h5-6,9,12H,2-4,7H2,1H3. The lowest BCUT2D eigenvalue weighted by molar-refractivity contribution is -0.118. The molecule has 2 heterocycles. The summed E-state index contributed by atoms with van der Waals surface area (Å²) in [5.41, 5.74) is 0.546. The predicted molar refractivity (Wildman–Crippen MR) is 64.6 cm³/mol. The highest BCUT2D eigenvalue weighted by atomic mass is 16.1. The normalized spacial score (nSPS) is 19.8. The molecule has 0 saturated carbocycles. The summed E-state index contributed by atoms with van der Waals surface area (Å²) in [4.78, 5) is 17.9. The number of hydrogen-bond donors (Lipinski definition) is 0. The van der Waals surface area contributed by atoms with Gasteiger partial charge in [0, 0.05) is 12.7 Å². The van der Waals surface area contributed by atoms with E-state index in [2.05, 4.69) is 4.98 Å². The van der Waals surface area contributed by atoms with Gasteiger partial charge in [0.15, 0.2) is 5.78 Å². The maximum absolute atomic E-state index is 11.6. The topological polar surface area (TPSA) is 57.0 Å². The zero-order valence-corrected chi connectivity index (χ0v) is 9.89. The predicted octanol–water partition coefficient (Wildman–Crippen LogP) is 1.90. The molecule has 4 nitrogen and oxygen atoms in total. The molecule has 1 unspecified atom stereocenters. The Balaban J connectivity index is 2.24. The second-order valence-electron chi connectivity index (χ2n) is 4.33. The average molecular weight is 229 g/mol. The molecular formula is C13H15N3O. The van der Waals surface area contributed by atoms with Gasteiger partial charge in [0.05, 0.1) is 11.6 Å². The summed E-state index contributed by atoms with van der Waals surface area (Å²) in [7, 11) is 0. The van der Waals surface area contributed by atoms with Crippen LogP contribution in [-0.4, -0.2) is 23.4 Å². The monoisotopic (exact) mass is 229 g/mol. The van der Waals surface area contributed by atoms with Crippen molar-refractivity contribution in [3.63, 3.8) is 0 Å². The highest BCUT2D eigenvalue weighted by Crippen LogP contribution is 2.23. The van der Waals surface area contributed by atoms with Crippen LogP contribution >= 0.6 is 0 Å². The van der Waals surface area contributed by atoms with Crippen LogP contribution in [0.4, 0.5) is 5.82 Å². The van der Waals surface area contributed by atoms with Crippen LogP contribution in [0.5, 0.6) is 0 Å². The van der Waals surface area contributed by atoms with E-state index in [1.807, 2.05) is 17.0 Å². The Hall–Kier alpha value is -1.89. The fourth-order valence-electron chi connectivity index (χ4n) is 2.25. The van der Waals surface area contributed by atoms with Crippen LogP contribution in [0.1, 0.15) is 31.7 Å². The Kier molecular flexibility index (Phi) is 3.38. The van der Waals surface area contributed by atoms with E-state index in [4.69, 9.17) is 5.26 Å². The summed E-state index contributed by atoms with van der Waals surface area (Å²) in [5.74, 6) is 0.986. The molecule has 0 aliphatic carbocycles. The lowest BCUT2D eigenvalue weighted by Gasteiger charge is -2.35. The molecule has 4 heteroatoms. The van der Waals surface area contributed by atoms with E-state index in [9.17, 15) is 4.79 Å². The minimum atomic E-state index is -0.0517. The van der Waals surface area contributed by atoms with Gasteiger partial charge < -0.3 is 4.90 Å². The first kappa shape index (κ1) is 11.6. The van der Waals surface area contributed by atoms with E-state index in [1.165, 1.54) is 0 Å². The molecule has 1 atom stereocenters. The van der Waals surface area contributed by atoms with Crippen molar-refractivity contribution in [1.29, 1.82) is 5.26 Å². The molecule has 2 rings (SSSR count). The Morgan fingerprint density at radius 1 is 1.53 bits per heavy atom. The molecule has 1 aliphatic rings. The Morgan fingerprint density at radius 3 is 2.94 bits per heavy atom. The van der Waals surface area contributed by atoms with Gasteiger partial charge in [-0.25, -0.2) is 4.98 Å². The Morgan fingerprint density at radius 2 is 2.35 bits per heavy atom. The van der Waals surface area contributed by atoms with E-state index in [0.29, 0.717) is 5.56 Å². The number of nitrogens with zero attached hydrogens (tertiary/aromatic N) is 3. The van der Waals surface area contributed by atoms with Gasteiger partial charge in [-0.3, -0.25) is 4.79 Å². The van der Waals surface area contributed by atoms with Crippen molar-refractivity contribution < 1.29 is 4.79 Å². The first-order chi connectivity index (χ1) is 8.22. The number of carbonyl (C=O) groups excluding carboxylic acids is 1. The number of aromatic nitrogens is 1. The third-order valence-electron chi connectivity index (χ3n) is 3.14. The third kappa shape index (κ3) is 2.44.